The Kier molecular flexibility index (Phi) is 3.33. The maximum atomic E-state index is 13.0. The molecule has 2 nitrogen and oxygen atoms in total. The minimum Gasteiger partial charge on any atom is -0.466 e. The Morgan fingerprint density at radius 3 is 2.47 bits per heavy atom. The monoisotopic (exact) mass is 344 g/mol. The Hall–Kier alpha value is -1.17. The molecule has 17 heavy (non-hydrogen) atoms. The van der Waals surface area contributed by atoms with Gasteiger partial charge in [0.1, 0.15) is 17.3 Å². The number of carbonyl (C=O) groups is 1. The molecule has 0 saturated heterocycles. The summed E-state index contributed by atoms with van der Waals surface area (Å²) in [7, 11) is 0. The van der Waals surface area contributed by atoms with E-state index < -0.39 is 0 Å². The molecule has 2 aromatic rings. The van der Waals surface area contributed by atoms with Crippen LogP contribution in [0.4, 0.5) is 4.39 Å². The summed E-state index contributed by atoms with van der Waals surface area (Å²) in [5.41, 5.74) is 1.03. The lowest BCUT2D eigenvalue weighted by Gasteiger charge is -2.02. The minimum absolute atomic E-state index is 0.135. The second kappa shape index (κ2) is 4.60. The number of rotatable bonds is 2. The van der Waals surface area contributed by atoms with Crippen molar-refractivity contribution in [1.29, 1.82) is 0 Å². The van der Waals surface area contributed by atoms with Crippen molar-refractivity contribution in [1.82, 2.24) is 0 Å². The van der Waals surface area contributed by atoms with Crippen molar-refractivity contribution in [3.8, 4) is 0 Å². The van der Waals surface area contributed by atoms with Crippen LogP contribution in [0.5, 0.6) is 0 Å². The average Bonchev–Trinajstić information content (AvgIpc) is 2.57. The summed E-state index contributed by atoms with van der Waals surface area (Å²) in [6.07, 6.45) is 0. The van der Waals surface area contributed by atoms with Gasteiger partial charge >= 0.3 is 0 Å². The van der Waals surface area contributed by atoms with Crippen LogP contribution in [-0.2, 0) is 0 Å². The third-order valence-corrected chi connectivity index (χ3v) is 3.35. The molecule has 0 atom stereocenters. The van der Waals surface area contributed by atoms with Crippen LogP contribution in [0.25, 0.3) is 0 Å². The van der Waals surface area contributed by atoms with E-state index in [2.05, 4.69) is 0 Å². The Bertz CT molecular complexity index is 587. The lowest BCUT2D eigenvalue weighted by atomic mass is 10.0. The Labute approximate surface area is 112 Å². The summed E-state index contributed by atoms with van der Waals surface area (Å²) in [6.45, 7) is 3.54. The summed E-state index contributed by atoms with van der Waals surface area (Å²) in [6, 6.07) is 5.84. The maximum absolute atomic E-state index is 13.0. The lowest BCUT2D eigenvalue weighted by Crippen LogP contribution is -2.04. The third-order valence-electron chi connectivity index (χ3n) is 2.46. The van der Waals surface area contributed by atoms with Crippen LogP contribution in [0, 0.1) is 23.2 Å². The molecule has 4 heteroatoms. The van der Waals surface area contributed by atoms with Gasteiger partial charge in [0, 0.05) is 9.13 Å². The molecule has 1 aromatic heterocycles. The molecule has 2 rings (SSSR count). The summed E-state index contributed by atoms with van der Waals surface area (Å²) < 4.78 is 18.9. The predicted molar refractivity (Wildman–Crippen MR) is 70.7 cm³/mol. The summed E-state index contributed by atoms with van der Waals surface area (Å²) >= 11 is 1.96. The van der Waals surface area contributed by atoms with E-state index in [9.17, 15) is 9.18 Å². The van der Waals surface area contributed by atoms with E-state index in [1.165, 1.54) is 18.2 Å². The second-order valence-corrected chi connectivity index (χ2v) is 4.94. The maximum Gasteiger partial charge on any atom is 0.197 e. The molecule has 0 fully saturated rings. The van der Waals surface area contributed by atoms with E-state index in [0.29, 0.717) is 26.2 Å². The normalized spacial score (nSPS) is 10.6. The van der Waals surface area contributed by atoms with Crippen LogP contribution in [-0.4, -0.2) is 5.78 Å². The van der Waals surface area contributed by atoms with Crippen LogP contribution < -0.4 is 0 Å². The fraction of sp³-hybridized carbons (Fsp3) is 0.154. The SMILES string of the molecule is Cc1cc(C(=O)c2ccc(F)cc2I)c(C)o1. The predicted octanol–water partition coefficient (Wildman–Crippen LogP) is 3.87. The minimum atomic E-state index is -0.342. The van der Waals surface area contributed by atoms with Crippen LogP contribution >= 0.6 is 22.6 Å². The first-order valence-corrected chi connectivity index (χ1v) is 6.13. The zero-order valence-electron chi connectivity index (χ0n) is 9.38. The fourth-order valence-corrected chi connectivity index (χ4v) is 2.40. The van der Waals surface area contributed by atoms with Gasteiger partial charge in [-0.15, -0.1) is 0 Å². The lowest BCUT2D eigenvalue weighted by molar-refractivity contribution is 0.103. The molecule has 0 unspecified atom stereocenters. The number of ketones is 1. The first-order valence-electron chi connectivity index (χ1n) is 5.06. The highest BCUT2D eigenvalue weighted by Gasteiger charge is 2.18. The largest absolute Gasteiger partial charge is 0.466 e. The van der Waals surface area contributed by atoms with E-state index in [-0.39, 0.29) is 11.6 Å². The van der Waals surface area contributed by atoms with Gasteiger partial charge in [0.15, 0.2) is 5.78 Å². The van der Waals surface area contributed by atoms with E-state index >= 15 is 0 Å². The molecule has 0 N–H and O–H groups in total. The van der Waals surface area contributed by atoms with Crippen molar-refractivity contribution in [2.75, 3.05) is 0 Å². The van der Waals surface area contributed by atoms with E-state index in [1.54, 1.807) is 19.9 Å². The smallest absolute Gasteiger partial charge is 0.197 e. The fourth-order valence-electron chi connectivity index (χ4n) is 1.67. The quantitative estimate of drug-likeness (QED) is 0.612. The summed E-state index contributed by atoms with van der Waals surface area (Å²) in [5, 5.41) is 0. The van der Waals surface area contributed by atoms with Gasteiger partial charge in [0.05, 0.1) is 5.56 Å². The van der Waals surface area contributed by atoms with E-state index in [4.69, 9.17) is 4.42 Å². The number of halogens is 2. The second-order valence-electron chi connectivity index (χ2n) is 3.78. The van der Waals surface area contributed by atoms with Crippen LogP contribution in [0.15, 0.2) is 28.7 Å². The highest BCUT2D eigenvalue weighted by molar-refractivity contribution is 14.1. The van der Waals surface area contributed by atoms with Crippen molar-refractivity contribution in [2.45, 2.75) is 13.8 Å². The molecule has 0 saturated carbocycles. The van der Waals surface area contributed by atoms with Gasteiger partial charge in [-0.3, -0.25) is 4.79 Å². The van der Waals surface area contributed by atoms with Crippen molar-refractivity contribution in [2.24, 2.45) is 0 Å². The molecule has 0 radical (unpaired) electrons. The molecule has 1 heterocycles. The molecular formula is C13H10FIO2. The Morgan fingerprint density at radius 1 is 1.24 bits per heavy atom. The average molecular weight is 344 g/mol. The van der Waals surface area contributed by atoms with Gasteiger partial charge in [-0.1, -0.05) is 0 Å². The first-order chi connectivity index (χ1) is 7.99. The van der Waals surface area contributed by atoms with Crippen LogP contribution in [0.3, 0.4) is 0 Å². The molecule has 0 spiro atoms. The number of hydrogen-bond acceptors (Lipinski definition) is 2. The summed E-state index contributed by atoms with van der Waals surface area (Å²) in [5.74, 6) is 0.811. The molecular weight excluding hydrogens is 334 g/mol. The highest BCUT2D eigenvalue weighted by atomic mass is 127. The van der Waals surface area contributed by atoms with Gasteiger partial charge in [-0.2, -0.15) is 0 Å². The molecule has 1 aromatic carbocycles. The van der Waals surface area contributed by atoms with Crippen molar-refractivity contribution in [3.05, 3.63) is 56.3 Å². The van der Waals surface area contributed by atoms with Gasteiger partial charge < -0.3 is 4.42 Å². The molecule has 0 aliphatic carbocycles. The van der Waals surface area contributed by atoms with Gasteiger partial charge in [-0.25, -0.2) is 4.39 Å². The standard InChI is InChI=1S/C13H10FIO2/c1-7-5-11(8(2)17-7)13(16)10-4-3-9(14)6-12(10)15/h3-6H,1-2H3. The van der Waals surface area contributed by atoms with E-state index in [0.717, 1.165) is 0 Å². The van der Waals surface area contributed by atoms with Gasteiger partial charge in [0.2, 0.25) is 0 Å². The molecule has 0 aliphatic rings. The molecule has 0 bridgehead atoms. The highest BCUT2D eigenvalue weighted by Crippen LogP contribution is 2.22. The zero-order chi connectivity index (χ0) is 12.6. The first kappa shape index (κ1) is 12.3. The number of benzene rings is 1. The number of hydrogen-bond donors (Lipinski definition) is 0. The van der Waals surface area contributed by atoms with Gasteiger partial charge in [-0.05, 0) is 60.7 Å². The van der Waals surface area contributed by atoms with Crippen molar-refractivity contribution < 1.29 is 13.6 Å². The molecule has 0 aliphatic heterocycles. The Balaban J connectivity index is 2.47. The molecule has 88 valence electrons. The number of aryl methyl sites for hydroxylation is 2. The van der Waals surface area contributed by atoms with Crippen LogP contribution in [0.1, 0.15) is 27.4 Å². The summed E-state index contributed by atoms with van der Waals surface area (Å²) in [4.78, 5) is 12.2. The van der Waals surface area contributed by atoms with Gasteiger partial charge in [0.25, 0.3) is 0 Å². The van der Waals surface area contributed by atoms with E-state index in [1.807, 2.05) is 22.6 Å². The topological polar surface area (TPSA) is 30.2 Å². The van der Waals surface area contributed by atoms with Crippen molar-refractivity contribution >= 4 is 28.4 Å². The molecule has 0 amide bonds. The third kappa shape index (κ3) is 2.41. The Morgan fingerprint density at radius 2 is 1.94 bits per heavy atom. The number of furan rings is 1. The van der Waals surface area contributed by atoms with Crippen molar-refractivity contribution in [3.63, 3.8) is 0 Å². The zero-order valence-corrected chi connectivity index (χ0v) is 11.5. The number of carbonyl (C=O) groups excluding carboxylic acids is 1. The van der Waals surface area contributed by atoms with Crippen LogP contribution in [0.2, 0.25) is 0 Å².